The number of benzene rings is 1. The van der Waals surface area contributed by atoms with Crippen LogP contribution in [0.25, 0.3) is 17.1 Å². The molecule has 94 valence electrons. The largest absolute Gasteiger partial charge is 0.265 e. The van der Waals surface area contributed by atoms with Crippen LogP contribution in [0.4, 0.5) is 0 Å². The second kappa shape index (κ2) is 4.65. The number of aromatic nitrogens is 4. The third-order valence-corrected chi connectivity index (χ3v) is 2.93. The summed E-state index contributed by atoms with van der Waals surface area (Å²) in [7, 11) is 0. The zero-order chi connectivity index (χ0) is 13.2. The van der Waals surface area contributed by atoms with E-state index in [9.17, 15) is 0 Å². The van der Waals surface area contributed by atoms with Crippen molar-refractivity contribution in [1.82, 2.24) is 19.7 Å². The van der Waals surface area contributed by atoms with Crippen molar-refractivity contribution in [3.05, 3.63) is 60.2 Å². The lowest BCUT2D eigenvalue weighted by atomic mass is 10.2. The van der Waals surface area contributed by atoms with E-state index in [-0.39, 0.29) is 0 Å². The molecule has 0 spiro atoms. The van der Waals surface area contributed by atoms with Gasteiger partial charge in [-0.15, -0.1) is 0 Å². The molecule has 0 aliphatic heterocycles. The van der Waals surface area contributed by atoms with E-state index in [4.69, 9.17) is 0 Å². The maximum absolute atomic E-state index is 4.50. The summed E-state index contributed by atoms with van der Waals surface area (Å²) in [6.07, 6.45) is 3.53. The first-order valence-corrected chi connectivity index (χ1v) is 6.15. The van der Waals surface area contributed by atoms with Crippen molar-refractivity contribution in [2.45, 2.75) is 13.8 Å². The summed E-state index contributed by atoms with van der Waals surface area (Å²) in [4.78, 5) is 8.54. The van der Waals surface area contributed by atoms with E-state index >= 15 is 0 Å². The zero-order valence-corrected chi connectivity index (χ0v) is 10.9. The third-order valence-electron chi connectivity index (χ3n) is 2.93. The van der Waals surface area contributed by atoms with E-state index < -0.39 is 0 Å². The Morgan fingerprint density at radius 1 is 0.895 bits per heavy atom. The molecule has 0 aliphatic carbocycles. The SMILES string of the molecule is Cc1ccc(-n2nc(C)nc2-c2ccncc2)cc1. The number of hydrogen-bond donors (Lipinski definition) is 0. The summed E-state index contributed by atoms with van der Waals surface area (Å²) < 4.78 is 1.87. The van der Waals surface area contributed by atoms with Crippen molar-refractivity contribution in [3.8, 4) is 17.1 Å². The molecule has 0 amide bonds. The molecule has 0 aliphatic rings. The monoisotopic (exact) mass is 250 g/mol. The molecule has 0 bridgehead atoms. The average molecular weight is 250 g/mol. The van der Waals surface area contributed by atoms with Crippen LogP contribution in [0.3, 0.4) is 0 Å². The molecule has 3 aromatic rings. The first kappa shape index (κ1) is 11.6. The third kappa shape index (κ3) is 2.25. The highest BCUT2D eigenvalue weighted by atomic mass is 15.3. The minimum absolute atomic E-state index is 0.757. The van der Waals surface area contributed by atoms with Crippen molar-refractivity contribution in [3.63, 3.8) is 0 Å². The molecule has 0 saturated carbocycles. The topological polar surface area (TPSA) is 43.6 Å². The van der Waals surface area contributed by atoms with Crippen LogP contribution in [-0.4, -0.2) is 19.7 Å². The lowest BCUT2D eigenvalue weighted by Crippen LogP contribution is -1.99. The summed E-state index contributed by atoms with van der Waals surface area (Å²) in [5, 5.41) is 4.47. The van der Waals surface area contributed by atoms with Crippen molar-refractivity contribution in [2.75, 3.05) is 0 Å². The Labute approximate surface area is 111 Å². The van der Waals surface area contributed by atoms with Crippen molar-refractivity contribution >= 4 is 0 Å². The van der Waals surface area contributed by atoms with E-state index in [2.05, 4.69) is 34.1 Å². The Balaban J connectivity index is 2.15. The van der Waals surface area contributed by atoms with Gasteiger partial charge >= 0.3 is 0 Å². The molecule has 4 nitrogen and oxygen atoms in total. The lowest BCUT2D eigenvalue weighted by molar-refractivity contribution is 0.868. The highest BCUT2D eigenvalue weighted by Gasteiger charge is 2.11. The summed E-state index contributed by atoms with van der Waals surface area (Å²) in [5.74, 6) is 1.59. The predicted molar refractivity (Wildman–Crippen MR) is 74.1 cm³/mol. The molecule has 0 saturated heterocycles. The van der Waals surface area contributed by atoms with E-state index in [1.807, 2.05) is 35.9 Å². The van der Waals surface area contributed by atoms with Gasteiger partial charge in [0.15, 0.2) is 5.82 Å². The Bertz CT molecular complexity index is 684. The molecule has 0 atom stereocenters. The molecular formula is C15H14N4. The van der Waals surface area contributed by atoms with Crippen LogP contribution < -0.4 is 0 Å². The normalized spacial score (nSPS) is 10.6. The van der Waals surface area contributed by atoms with E-state index in [1.165, 1.54) is 5.56 Å². The maximum Gasteiger partial charge on any atom is 0.163 e. The van der Waals surface area contributed by atoms with Crippen LogP contribution >= 0.6 is 0 Å². The minimum atomic E-state index is 0.757. The zero-order valence-electron chi connectivity index (χ0n) is 10.9. The fraction of sp³-hybridized carbons (Fsp3) is 0.133. The quantitative estimate of drug-likeness (QED) is 0.702. The van der Waals surface area contributed by atoms with Gasteiger partial charge in [0.05, 0.1) is 5.69 Å². The molecule has 3 rings (SSSR count). The molecule has 2 aromatic heterocycles. The number of pyridine rings is 1. The van der Waals surface area contributed by atoms with Gasteiger partial charge in [0.25, 0.3) is 0 Å². The van der Waals surface area contributed by atoms with Gasteiger partial charge in [-0.25, -0.2) is 9.67 Å². The predicted octanol–water partition coefficient (Wildman–Crippen LogP) is 2.95. The highest BCUT2D eigenvalue weighted by molar-refractivity contribution is 5.57. The number of nitrogens with zero attached hydrogens (tertiary/aromatic N) is 4. The van der Waals surface area contributed by atoms with Crippen molar-refractivity contribution in [1.29, 1.82) is 0 Å². The van der Waals surface area contributed by atoms with Crippen LogP contribution in [0.1, 0.15) is 11.4 Å². The van der Waals surface area contributed by atoms with Gasteiger partial charge in [-0.3, -0.25) is 4.98 Å². The molecule has 2 heterocycles. The van der Waals surface area contributed by atoms with Gasteiger partial charge in [0.2, 0.25) is 0 Å². The second-order valence-corrected chi connectivity index (χ2v) is 4.47. The summed E-state index contributed by atoms with van der Waals surface area (Å²) in [6, 6.07) is 12.1. The van der Waals surface area contributed by atoms with E-state index in [0.717, 1.165) is 22.9 Å². The summed E-state index contributed by atoms with van der Waals surface area (Å²) in [6.45, 7) is 3.97. The number of rotatable bonds is 2. The Hall–Kier alpha value is -2.49. The molecule has 0 unspecified atom stereocenters. The van der Waals surface area contributed by atoms with Gasteiger partial charge in [-0.2, -0.15) is 5.10 Å². The van der Waals surface area contributed by atoms with E-state index in [0.29, 0.717) is 0 Å². The molecule has 0 fully saturated rings. The summed E-state index contributed by atoms with van der Waals surface area (Å²) in [5.41, 5.74) is 3.25. The van der Waals surface area contributed by atoms with Crippen LogP contribution in [0.2, 0.25) is 0 Å². The maximum atomic E-state index is 4.50. The van der Waals surface area contributed by atoms with Crippen LogP contribution in [0.5, 0.6) is 0 Å². The second-order valence-electron chi connectivity index (χ2n) is 4.47. The Kier molecular flexibility index (Phi) is 2.83. The minimum Gasteiger partial charge on any atom is -0.265 e. The van der Waals surface area contributed by atoms with Gasteiger partial charge < -0.3 is 0 Å². The van der Waals surface area contributed by atoms with Crippen LogP contribution in [0.15, 0.2) is 48.8 Å². The van der Waals surface area contributed by atoms with Gasteiger partial charge in [-0.1, -0.05) is 17.7 Å². The molecular weight excluding hydrogens is 236 g/mol. The summed E-state index contributed by atoms with van der Waals surface area (Å²) >= 11 is 0. The van der Waals surface area contributed by atoms with Gasteiger partial charge in [0.1, 0.15) is 5.82 Å². The highest BCUT2D eigenvalue weighted by Crippen LogP contribution is 2.20. The number of aryl methyl sites for hydroxylation is 2. The Morgan fingerprint density at radius 3 is 2.26 bits per heavy atom. The molecule has 1 aromatic carbocycles. The van der Waals surface area contributed by atoms with E-state index in [1.54, 1.807) is 12.4 Å². The smallest absolute Gasteiger partial charge is 0.163 e. The van der Waals surface area contributed by atoms with Crippen molar-refractivity contribution in [2.24, 2.45) is 0 Å². The van der Waals surface area contributed by atoms with Gasteiger partial charge in [-0.05, 0) is 38.1 Å². The first-order valence-electron chi connectivity index (χ1n) is 6.15. The van der Waals surface area contributed by atoms with Crippen LogP contribution in [-0.2, 0) is 0 Å². The Morgan fingerprint density at radius 2 is 1.58 bits per heavy atom. The fourth-order valence-corrected chi connectivity index (χ4v) is 1.97. The molecule has 19 heavy (non-hydrogen) atoms. The van der Waals surface area contributed by atoms with Crippen molar-refractivity contribution < 1.29 is 0 Å². The first-order chi connectivity index (χ1) is 9.24. The molecule has 4 heteroatoms. The average Bonchev–Trinajstić information content (AvgIpc) is 2.83. The fourth-order valence-electron chi connectivity index (χ4n) is 1.97. The van der Waals surface area contributed by atoms with Gasteiger partial charge in [0, 0.05) is 18.0 Å². The number of hydrogen-bond acceptors (Lipinski definition) is 3. The molecule has 0 radical (unpaired) electrons. The van der Waals surface area contributed by atoms with Crippen LogP contribution in [0, 0.1) is 13.8 Å². The standard InChI is InChI=1S/C15H14N4/c1-11-3-5-14(6-4-11)19-15(17-12(2)18-19)13-7-9-16-10-8-13/h3-10H,1-2H3. The lowest BCUT2D eigenvalue weighted by Gasteiger charge is -2.06. The molecule has 0 N–H and O–H groups in total.